The number of para-hydroxylation sites is 1. The Labute approximate surface area is 117 Å². The van der Waals surface area contributed by atoms with E-state index in [1.165, 1.54) is 6.42 Å². The van der Waals surface area contributed by atoms with Crippen LogP contribution in [0.2, 0.25) is 0 Å². The minimum Gasteiger partial charge on any atom is -0.493 e. The van der Waals surface area contributed by atoms with Crippen molar-refractivity contribution < 1.29 is 4.74 Å². The first-order valence-corrected chi connectivity index (χ1v) is 7.37. The Bertz CT molecular complexity index is 354. The van der Waals surface area contributed by atoms with Gasteiger partial charge in [0.15, 0.2) is 0 Å². The summed E-state index contributed by atoms with van der Waals surface area (Å²) < 4.78 is 5.83. The predicted octanol–water partition coefficient (Wildman–Crippen LogP) is 3.03. The lowest BCUT2D eigenvalue weighted by Crippen LogP contribution is -2.33. The Morgan fingerprint density at radius 3 is 2.63 bits per heavy atom. The van der Waals surface area contributed by atoms with Crippen LogP contribution in [0, 0.1) is 0 Å². The standard InChI is InChI=1S/C16H28N2O/c1-4-14(3)18(5-2)11-8-12-19-16-10-7-6-9-15(16)13-17/h6-7,9-10,14H,4-5,8,11-13,17H2,1-3H3. The highest BCUT2D eigenvalue weighted by molar-refractivity contribution is 5.32. The average molecular weight is 264 g/mol. The molecule has 0 saturated heterocycles. The van der Waals surface area contributed by atoms with Crippen LogP contribution in [-0.4, -0.2) is 30.6 Å². The molecule has 1 aromatic carbocycles. The highest BCUT2D eigenvalue weighted by atomic mass is 16.5. The molecule has 1 aromatic rings. The van der Waals surface area contributed by atoms with E-state index in [1.54, 1.807) is 0 Å². The third kappa shape index (κ3) is 5.21. The SMILES string of the molecule is CCC(C)N(CC)CCCOc1ccccc1CN. The maximum atomic E-state index is 5.83. The van der Waals surface area contributed by atoms with Gasteiger partial charge in [-0.2, -0.15) is 0 Å². The Hall–Kier alpha value is -1.06. The van der Waals surface area contributed by atoms with E-state index >= 15 is 0 Å². The molecule has 0 aliphatic rings. The molecule has 0 bridgehead atoms. The first kappa shape index (κ1) is 16.0. The van der Waals surface area contributed by atoms with E-state index in [1.807, 2.05) is 24.3 Å². The van der Waals surface area contributed by atoms with Crippen LogP contribution in [0.5, 0.6) is 5.75 Å². The van der Waals surface area contributed by atoms with Gasteiger partial charge in [-0.25, -0.2) is 0 Å². The molecule has 19 heavy (non-hydrogen) atoms. The van der Waals surface area contributed by atoms with Crippen molar-refractivity contribution in [1.29, 1.82) is 0 Å². The van der Waals surface area contributed by atoms with E-state index in [0.29, 0.717) is 12.6 Å². The molecule has 1 atom stereocenters. The van der Waals surface area contributed by atoms with E-state index in [0.717, 1.165) is 37.4 Å². The maximum Gasteiger partial charge on any atom is 0.123 e. The lowest BCUT2D eigenvalue weighted by atomic mass is 10.2. The molecule has 0 aromatic heterocycles. The van der Waals surface area contributed by atoms with Gasteiger partial charge in [0.05, 0.1) is 6.61 Å². The van der Waals surface area contributed by atoms with Gasteiger partial charge in [-0.05, 0) is 32.4 Å². The second kappa shape index (κ2) is 8.94. The predicted molar refractivity (Wildman–Crippen MR) is 81.4 cm³/mol. The third-order valence-corrected chi connectivity index (χ3v) is 3.66. The largest absolute Gasteiger partial charge is 0.493 e. The van der Waals surface area contributed by atoms with Crippen molar-refractivity contribution in [1.82, 2.24) is 4.90 Å². The highest BCUT2D eigenvalue weighted by Crippen LogP contribution is 2.17. The first-order valence-electron chi connectivity index (χ1n) is 7.37. The van der Waals surface area contributed by atoms with Crippen LogP contribution >= 0.6 is 0 Å². The summed E-state index contributed by atoms with van der Waals surface area (Å²) in [5.41, 5.74) is 6.77. The smallest absolute Gasteiger partial charge is 0.123 e. The van der Waals surface area contributed by atoms with Gasteiger partial charge >= 0.3 is 0 Å². The molecule has 0 spiro atoms. The van der Waals surface area contributed by atoms with Crippen molar-refractivity contribution in [3.63, 3.8) is 0 Å². The van der Waals surface area contributed by atoms with E-state index in [9.17, 15) is 0 Å². The van der Waals surface area contributed by atoms with E-state index in [-0.39, 0.29) is 0 Å². The van der Waals surface area contributed by atoms with Crippen LogP contribution in [0.15, 0.2) is 24.3 Å². The summed E-state index contributed by atoms with van der Waals surface area (Å²) >= 11 is 0. The number of hydrogen-bond acceptors (Lipinski definition) is 3. The minimum absolute atomic E-state index is 0.532. The topological polar surface area (TPSA) is 38.5 Å². The van der Waals surface area contributed by atoms with Crippen LogP contribution in [0.4, 0.5) is 0 Å². The number of hydrogen-bond donors (Lipinski definition) is 1. The number of ether oxygens (including phenoxy) is 1. The van der Waals surface area contributed by atoms with Gasteiger partial charge < -0.3 is 15.4 Å². The molecule has 3 heteroatoms. The molecule has 0 aliphatic carbocycles. The zero-order valence-corrected chi connectivity index (χ0v) is 12.6. The Morgan fingerprint density at radius 2 is 2.00 bits per heavy atom. The molecule has 0 fully saturated rings. The van der Waals surface area contributed by atoms with E-state index in [4.69, 9.17) is 10.5 Å². The maximum absolute atomic E-state index is 5.83. The van der Waals surface area contributed by atoms with Crippen LogP contribution < -0.4 is 10.5 Å². The van der Waals surface area contributed by atoms with Gasteiger partial charge in [-0.3, -0.25) is 0 Å². The quantitative estimate of drug-likeness (QED) is 0.697. The number of benzene rings is 1. The van der Waals surface area contributed by atoms with Gasteiger partial charge in [0, 0.05) is 24.7 Å². The monoisotopic (exact) mass is 264 g/mol. The van der Waals surface area contributed by atoms with Crippen LogP contribution in [0.25, 0.3) is 0 Å². The van der Waals surface area contributed by atoms with Gasteiger partial charge in [0.2, 0.25) is 0 Å². The molecule has 1 rings (SSSR count). The fourth-order valence-electron chi connectivity index (χ4n) is 2.21. The van der Waals surface area contributed by atoms with Crippen LogP contribution in [0.3, 0.4) is 0 Å². The molecule has 0 saturated carbocycles. The van der Waals surface area contributed by atoms with Gasteiger partial charge in [0.1, 0.15) is 5.75 Å². The molecular weight excluding hydrogens is 236 g/mol. The molecule has 0 aliphatic heterocycles. The first-order chi connectivity index (χ1) is 9.22. The van der Waals surface area contributed by atoms with Crippen molar-refractivity contribution >= 4 is 0 Å². The lowest BCUT2D eigenvalue weighted by molar-refractivity contribution is 0.192. The van der Waals surface area contributed by atoms with Crippen LogP contribution in [0.1, 0.15) is 39.2 Å². The van der Waals surface area contributed by atoms with E-state index < -0.39 is 0 Å². The summed E-state index contributed by atoms with van der Waals surface area (Å²) in [7, 11) is 0. The van der Waals surface area contributed by atoms with Crippen molar-refractivity contribution in [3.05, 3.63) is 29.8 Å². The summed E-state index contributed by atoms with van der Waals surface area (Å²) in [6, 6.07) is 8.66. The summed E-state index contributed by atoms with van der Waals surface area (Å²) in [5.74, 6) is 0.927. The van der Waals surface area contributed by atoms with Gasteiger partial charge in [0.25, 0.3) is 0 Å². The van der Waals surface area contributed by atoms with Crippen molar-refractivity contribution in [2.75, 3.05) is 19.7 Å². The average Bonchev–Trinajstić information content (AvgIpc) is 2.47. The Morgan fingerprint density at radius 1 is 1.26 bits per heavy atom. The second-order valence-electron chi connectivity index (χ2n) is 4.90. The fraction of sp³-hybridized carbons (Fsp3) is 0.625. The number of rotatable bonds is 9. The summed E-state index contributed by atoms with van der Waals surface area (Å²) in [5, 5.41) is 0. The van der Waals surface area contributed by atoms with Crippen molar-refractivity contribution in [2.45, 2.75) is 46.2 Å². The zero-order valence-electron chi connectivity index (χ0n) is 12.6. The lowest BCUT2D eigenvalue weighted by Gasteiger charge is -2.26. The van der Waals surface area contributed by atoms with E-state index in [2.05, 4.69) is 25.7 Å². The Balaban J connectivity index is 2.34. The third-order valence-electron chi connectivity index (χ3n) is 3.66. The molecule has 1 unspecified atom stereocenters. The summed E-state index contributed by atoms with van der Waals surface area (Å²) in [4.78, 5) is 2.50. The van der Waals surface area contributed by atoms with Crippen LogP contribution in [-0.2, 0) is 6.54 Å². The Kier molecular flexibility index (Phi) is 7.53. The molecule has 2 N–H and O–H groups in total. The van der Waals surface area contributed by atoms with Gasteiger partial charge in [-0.15, -0.1) is 0 Å². The normalized spacial score (nSPS) is 12.7. The molecule has 3 nitrogen and oxygen atoms in total. The number of nitrogens with zero attached hydrogens (tertiary/aromatic N) is 1. The zero-order chi connectivity index (χ0) is 14.1. The second-order valence-corrected chi connectivity index (χ2v) is 4.90. The molecule has 0 heterocycles. The van der Waals surface area contributed by atoms with Gasteiger partial charge in [-0.1, -0.05) is 32.0 Å². The molecular formula is C16H28N2O. The molecule has 0 amide bonds. The summed E-state index contributed by atoms with van der Waals surface area (Å²) in [6.45, 7) is 10.2. The van der Waals surface area contributed by atoms with Crippen molar-refractivity contribution in [3.8, 4) is 5.75 Å². The fourth-order valence-corrected chi connectivity index (χ4v) is 2.21. The molecule has 108 valence electrons. The summed E-state index contributed by atoms with van der Waals surface area (Å²) in [6.07, 6.45) is 2.25. The molecule has 0 radical (unpaired) electrons. The highest BCUT2D eigenvalue weighted by Gasteiger charge is 2.09. The minimum atomic E-state index is 0.532. The van der Waals surface area contributed by atoms with Crippen molar-refractivity contribution in [2.24, 2.45) is 5.73 Å². The number of nitrogens with two attached hydrogens (primary N) is 1.